The van der Waals surface area contributed by atoms with E-state index in [4.69, 9.17) is 14.7 Å². The second-order valence-electron chi connectivity index (χ2n) is 11.8. The third kappa shape index (κ3) is 5.65. The van der Waals surface area contributed by atoms with E-state index in [0.29, 0.717) is 24.7 Å². The van der Waals surface area contributed by atoms with Crippen LogP contribution in [-0.2, 0) is 15.1 Å². The topological polar surface area (TPSA) is 95.8 Å². The summed E-state index contributed by atoms with van der Waals surface area (Å²) in [6.07, 6.45) is 3.25. The van der Waals surface area contributed by atoms with Gasteiger partial charge in [-0.15, -0.1) is 0 Å². The van der Waals surface area contributed by atoms with Gasteiger partial charge in [-0.3, -0.25) is 19.1 Å². The lowest BCUT2D eigenvalue weighted by molar-refractivity contribution is -0.130. The first-order valence-corrected chi connectivity index (χ1v) is 14.9. The molecule has 4 heterocycles. The number of nitrogens with one attached hydrogen (secondary N) is 1. The fourth-order valence-electron chi connectivity index (χ4n) is 6.36. The van der Waals surface area contributed by atoms with Gasteiger partial charge in [0.1, 0.15) is 5.82 Å². The van der Waals surface area contributed by atoms with Crippen molar-refractivity contribution in [3.05, 3.63) is 70.5 Å². The summed E-state index contributed by atoms with van der Waals surface area (Å²) in [5.74, 6) is 1.24. The Balaban J connectivity index is 1.40. The third-order valence-corrected chi connectivity index (χ3v) is 8.69. The highest BCUT2D eigenvalue weighted by Gasteiger charge is 2.41. The van der Waals surface area contributed by atoms with Crippen LogP contribution in [0.2, 0.25) is 0 Å². The zero-order chi connectivity index (χ0) is 30.0. The molecule has 2 fully saturated rings. The quantitative estimate of drug-likeness (QED) is 0.405. The van der Waals surface area contributed by atoms with Crippen molar-refractivity contribution in [1.29, 1.82) is 0 Å². The Hall–Kier alpha value is -3.76. The Morgan fingerprint density at radius 2 is 1.69 bits per heavy atom. The number of carbonyl (C=O) groups is 1. The second kappa shape index (κ2) is 12.2. The Morgan fingerprint density at radius 1 is 1.02 bits per heavy atom. The maximum atomic E-state index is 12.7. The number of benzene rings is 1. The van der Waals surface area contributed by atoms with E-state index in [1.807, 2.05) is 37.7 Å². The highest BCUT2D eigenvalue weighted by Crippen LogP contribution is 2.39. The fraction of sp³-hybridized carbons (Fsp3) is 0.500. The van der Waals surface area contributed by atoms with Gasteiger partial charge in [0.05, 0.1) is 17.0 Å². The van der Waals surface area contributed by atoms with E-state index in [2.05, 4.69) is 48.0 Å². The maximum absolute atomic E-state index is 12.7. The van der Waals surface area contributed by atoms with Crippen molar-refractivity contribution in [1.82, 2.24) is 24.3 Å². The summed E-state index contributed by atoms with van der Waals surface area (Å²) in [4.78, 5) is 40.9. The average molecular weight is 574 g/mol. The van der Waals surface area contributed by atoms with Gasteiger partial charge in [-0.2, -0.15) is 9.97 Å². The van der Waals surface area contributed by atoms with Crippen molar-refractivity contribution in [2.24, 2.45) is 0 Å². The smallest absolute Gasteiger partial charge is 0.252 e. The molecule has 0 saturated carbocycles. The summed E-state index contributed by atoms with van der Waals surface area (Å²) in [7, 11) is 3.89. The molecule has 1 aromatic carbocycles. The normalized spacial score (nSPS) is 18.2. The summed E-state index contributed by atoms with van der Waals surface area (Å²) in [5.41, 5.74) is 2.83. The lowest BCUT2D eigenvalue weighted by atomic mass is 9.80. The van der Waals surface area contributed by atoms with Crippen LogP contribution in [0.15, 0.2) is 53.8 Å². The average Bonchev–Trinajstić information content (AvgIpc) is 3.00. The van der Waals surface area contributed by atoms with Crippen LogP contribution in [0.3, 0.4) is 0 Å². The molecule has 2 aromatic heterocycles. The van der Waals surface area contributed by atoms with Crippen LogP contribution in [0.5, 0.6) is 0 Å². The highest BCUT2D eigenvalue weighted by molar-refractivity contribution is 5.88. The molecule has 10 nitrogen and oxygen atoms in total. The van der Waals surface area contributed by atoms with Crippen molar-refractivity contribution in [2.45, 2.75) is 51.2 Å². The SMILES string of the molecule is C=CC(=O)N1CCN(C2(c3ccc([C@H](C)Nc4nc(N(C)C)c5ccc(=O)n(C(C)C)c5n4)cc3)CCOCC2)CC1. The van der Waals surface area contributed by atoms with Gasteiger partial charge in [0.15, 0.2) is 5.65 Å². The number of pyridine rings is 1. The number of ether oxygens (including phenoxy) is 1. The molecular formula is C32H43N7O3. The van der Waals surface area contributed by atoms with Crippen molar-refractivity contribution >= 4 is 28.7 Å². The van der Waals surface area contributed by atoms with Gasteiger partial charge in [0.25, 0.3) is 5.56 Å². The number of aromatic nitrogens is 3. The molecule has 0 aliphatic carbocycles. The van der Waals surface area contributed by atoms with E-state index in [1.165, 1.54) is 11.6 Å². The summed E-state index contributed by atoms with van der Waals surface area (Å²) >= 11 is 0. The minimum Gasteiger partial charge on any atom is -0.381 e. The third-order valence-electron chi connectivity index (χ3n) is 8.69. The minimum atomic E-state index is -0.112. The molecule has 0 bridgehead atoms. The van der Waals surface area contributed by atoms with Crippen molar-refractivity contribution < 1.29 is 9.53 Å². The number of fused-ring (bicyclic) bond motifs is 1. The summed E-state index contributed by atoms with van der Waals surface area (Å²) in [6.45, 7) is 14.2. The number of nitrogens with zero attached hydrogens (tertiary/aromatic N) is 6. The fourth-order valence-corrected chi connectivity index (χ4v) is 6.36. The molecular weight excluding hydrogens is 530 g/mol. The van der Waals surface area contributed by atoms with Crippen LogP contribution >= 0.6 is 0 Å². The molecule has 5 rings (SSSR count). The van der Waals surface area contributed by atoms with Gasteiger partial charge in [0, 0.05) is 65.6 Å². The minimum absolute atomic E-state index is 0.00195. The molecule has 10 heteroatoms. The van der Waals surface area contributed by atoms with E-state index >= 15 is 0 Å². The van der Waals surface area contributed by atoms with Gasteiger partial charge < -0.3 is 19.9 Å². The Kier molecular flexibility index (Phi) is 8.65. The number of anilines is 2. The molecule has 0 radical (unpaired) electrons. The molecule has 2 saturated heterocycles. The van der Waals surface area contributed by atoms with Gasteiger partial charge in [-0.1, -0.05) is 30.8 Å². The predicted molar refractivity (Wildman–Crippen MR) is 167 cm³/mol. The molecule has 0 unspecified atom stereocenters. The van der Waals surface area contributed by atoms with Gasteiger partial charge in [0.2, 0.25) is 11.9 Å². The van der Waals surface area contributed by atoms with Crippen LogP contribution in [0, 0.1) is 0 Å². The zero-order valence-electron chi connectivity index (χ0n) is 25.5. The van der Waals surface area contributed by atoms with Gasteiger partial charge in [-0.05, 0) is 56.9 Å². The van der Waals surface area contributed by atoms with E-state index in [1.54, 1.807) is 16.7 Å². The van der Waals surface area contributed by atoms with Gasteiger partial charge >= 0.3 is 0 Å². The zero-order valence-corrected chi connectivity index (χ0v) is 25.5. The predicted octanol–water partition coefficient (Wildman–Crippen LogP) is 3.95. The van der Waals surface area contributed by atoms with Crippen LogP contribution < -0.4 is 15.8 Å². The monoisotopic (exact) mass is 573 g/mol. The molecule has 224 valence electrons. The molecule has 1 atom stereocenters. The van der Waals surface area contributed by atoms with Crippen LogP contribution in [-0.4, -0.2) is 83.7 Å². The molecule has 42 heavy (non-hydrogen) atoms. The van der Waals surface area contributed by atoms with Gasteiger partial charge in [-0.25, -0.2) is 0 Å². The largest absolute Gasteiger partial charge is 0.381 e. The lowest BCUT2D eigenvalue weighted by Gasteiger charge is -2.50. The molecule has 3 aromatic rings. The number of carbonyl (C=O) groups excluding carboxylic acids is 1. The Labute approximate surface area is 248 Å². The van der Waals surface area contributed by atoms with E-state index in [0.717, 1.165) is 55.9 Å². The first kappa shape index (κ1) is 29.7. The number of amides is 1. The van der Waals surface area contributed by atoms with E-state index < -0.39 is 0 Å². The van der Waals surface area contributed by atoms with Crippen LogP contribution in [0.1, 0.15) is 56.8 Å². The number of hydrogen-bond acceptors (Lipinski definition) is 8. The summed E-state index contributed by atoms with van der Waals surface area (Å²) in [6, 6.07) is 12.1. The van der Waals surface area contributed by atoms with Crippen molar-refractivity contribution in [3.8, 4) is 0 Å². The molecule has 2 aliphatic rings. The van der Waals surface area contributed by atoms with E-state index in [-0.39, 0.29) is 29.1 Å². The lowest BCUT2D eigenvalue weighted by Crippen LogP contribution is -2.58. The highest BCUT2D eigenvalue weighted by atomic mass is 16.5. The summed E-state index contributed by atoms with van der Waals surface area (Å²) < 4.78 is 7.49. The second-order valence-corrected chi connectivity index (χ2v) is 11.8. The molecule has 0 spiro atoms. The molecule has 2 aliphatic heterocycles. The standard InChI is InChI=1S/C32H43N7O3/c1-7-27(40)37-16-18-38(19-17-37)32(14-20-42-21-15-32)25-10-8-24(9-11-25)23(4)33-31-34-29(36(5)6)26-12-13-28(41)39(22(2)3)30(26)35-31/h7-13,22-23H,1,14-21H2,2-6H3,(H,33,34,35)/t23-/m0/s1. The van der Waals surface area contributed by atoms with Crippen LogP contribution in [0.25, 0.3) is 11.0 Å². The van der Waals surface area contributed by atoms with Crippen molar-refractivity contribution in [2.75, 3.05) is 63.7 Å². The molecule has 1 amide bonds. The maximum Gasteiger partial charge on any atom is 0.252 e. The molecule has 1 N–H and O–H groups in total. The summed E-state index contributed by atoms with van der Waals surface area (Å²) in [5, 5.41) is 4.32. The Morgan fingerprint density at radius 3 is 2.29 bits per heavy atom. The first-order valence-electron chi connectivity index (χ1n) is 14.9. The number of rotatable bonds is 8. The van der Waals surface area contributed by atoms with E-state index in [9.17, 15) is 9.59 Å². The number of piperazine rings is 1. The first-order chi connectivity index (χ1) is 20.1. The number of hydrogen-bond donors (Lipinski definition) is 1. The van der Waals surface area contributed by atoms with Crippen LogP contribution in [0.4, 0.5) is 11.8 Å². The Bertz CT molecular complexity index is 1480. The van der Waals surface area contributed by atoms with Crippen molar-refractivity contribution in [3.63, 3.8) is 0 Å².